The summed E-state index contributed by atoms with van der Waals surface area (Å²) in [5.41, 5.74) is 5.53. The van der Waals surface area contributed by atoms with Crippen LogP contribution in [0.3, 0.4) is 0 Å². The highest BCUT2D eigenvalue weighted by atomic mass is 32.1. The molecule has 6 rings (SSSR count). The summed E-state index contributed by atoms with van der Waals surface area (Å²) in [6, 6.07) is 18.0. The molecule has 0 atom stereocenters. The second-order valence-corrected chi connectivity index (χ2v) is 9.65. The molecule has 3 aromatic heterocycles. The van der Waals surface area contributed by atoms with E-state index in [2.05, 4.69) is 16.0 Å². The third kappa shape index (κ3) is 2.68. The fraction of sp³-hybridized carbons (Fsp3) is 0. The van der Waals surface area contributed by atoms with Gasteiger partial charge >= 0.3 is 9.75 Å². The molecule has 0 aliphatic heterocycles. The Kier molecular flexibility index (Phi) is 3.61. The molecular formula is C21H11N3O2S3. The minimum atomic E-state index is -0.0587. The first-order valence-electron chi connectivity index (χ1n) is 8.81. The van der Waals surface area contributed by atoms with Crippen LogP contribution in [-0.4, -0.2) is 15.0 Å². The number of rotatable bonds is 2. The molecule has 3 aromatic carbocycles. The van der Waals surface area contributed by atoms with Crippen molar-refractivity contribution in [3.8, 4) is 21.7 Å². The van der Waals surface area contributed by atoms with E-state index in [0.717, 1.165) is 52.3 Å². The molecule has 3 heterocycles. The smallest absolute Gasteiger partial charge is 0.305 e. The number of nitrogens with zero attached hydrogens (tertiary/aromatic N) is 1. The predicted octanol–water partition coefficient (Wildman–Crippen LogP) is 5.44. The van der Waals surface area contributed by atoms with Crippen molar-refractivity contribution in [2.45, 2.75) is 0 Å². The van der Waals surface area contributed by atoms with Gasteiger partial charge < -0.3 is 9.97 Å². The Morgan fingerprint density at radius 3 is 2.38 bits per heavy atom. The third-order valence-electron chi connectivity index (χ3n) is 4.83. The number of nitrogens with one attached hydrogen (secondary N) is 2. The van der Waals surface area contributed by atoms with E-state index in [-0.39, 0.29) is 9.75 Å². The van der Waals surface area contributed by atoms with Crippen molar-refractivity contribution in [1.82, 2.24) is 15.0 Å². The van der Waals surface area contributed by atoms with Crippen molar-refractivity contribution in [3.05, 3.63) is 73.9 Å². The standard InChI is InChI=1S/C21H11N3O2S3/c25-20-22-13-9-10(7-8-14(13)28-20)19-23-17-11(3-1-5-15(17)27-19)12-4-2-6-16-18(12)24-21(26)29-16/h1-9H,(H,22,25)(H,24,26). The van der Waals surface area contributed by atoms with Crippen LogP contribution in [0.1, 0.15) is 0 Å². The van der Waals surface area contributed by atoms with Gasteiger partial charge in [0, 0.05) is 16.7 Å². The Labute approximate surface area is 174 Å². The second kappa shape index (κ2) is 6.21. The van der Waals surface area contributed by atoms with Gasteiger partial charge in [0.2, 0.25) is 0 Å². The minimum absolute atomic E-state index is 0.0541. The number of hydrogen-bond donors (Lipinski definition) is 2. The molecule has 29 heavy (non-hydrogen) atoms. The number of aromatic amines is 2. The van der Waals surface area contributed by atoms with Crippen LogP contribution in [0.25, 0.3) is 52.3 Å². The molecule has 0 amide bonds. The number of H-pyrrole nitrogens is 2. The molecule has 5 nitrogen and oxygen atoms in total. The number of benzene rings is 3. The lowest BCUT2D eigenvalue weighted by molar-refractivity contribution is 1.40. The number of hydrogen-bond acceptors (Lipinski definition) is 6. The normalized spacial score (nSPS) is 11.7. The van der Waals surface area contributed by atoms with Crippen LogP contribution >= 0.6 is 34.0 Å². The van der Waals surface area contributed by atoms with Crippen LogP contribution in [-0.2, 0) is 0 Å². The number of thiazole rings is 3. The van der Waals surface area contributed by atoms with Crippen LogP contribution in [0.4, 0.5) is 0 Å². The summed E-state index contributed by atoms with van der Waals surface area (Å²) in [7, 11) is 0. The van der Waals surface area contributed by atoms with E-state index in [1.165, 1.54) is 22.7 Å². The zero-order valence-corrected chi connectivity index (χ0v) is 17.1. The van der Waals surface area contributed by atoms with Gasteiger partial charge in [0.05, 0.1) is 30.6 Å². The molecule has 2 N–H and O–H groups in total. The topological polar surface area (TPSA) is 78.6 Å². The van der Waals surface area contributed by atoms with Gasteiger partial charge in [-0.25, -0.2) is 4.98 Å². The Morgan fingerprint density at radius 2 is 1.48 bits per heavy atom. The minimum Gasteiger partial charge on any atom is -0.312 e. The quantitative estimate of drug-likeness (QED) is 0.382. The molecule has 0 aliphatic carbocycles. The second-order valence-electron chi connectivity index (χ2n) is 6.59. The highest BCUT2D eigenvalue weighted by Crippen LogP contribution is 2.38. The average Bonchev–Trinajstić information content (AvgIpc) is 3.40. The zero-order chi connectivity index (χ0) is 19.5. The highest BCUT2D eigenvalue weighted by molar-refractivity contribution is 7.21. The van der Waals surface area contributed by atoms with E-state index >= 15 is 0 Å². The Hall–Kier alpha value is -3.07. The van der Waals surface area contributed by atoms with Crippen molar-refractivity contribution >= 4 is 64.7 Å². The van der Waals surface area contributed by atoms with Crippen LogP contribution in [0.5, 0.6) is 0 Å². The summed E-state index contributed by atoms with van der Waals surface area (Å²) in [6.07, 6.45) is 0. The Morgan fingerprint density at radius 1 is 0.724 bits per heavy atom. The van der Waals surface area contributed by atoms with Crippen LogP contribution in [0.15, 0.2) is 64.2 Å². The molecule has 0 saturated heterocycles. The highest BCUT2D eigenvalue weighted by Gasteiger charge is 2.15. The van der Waals surface area contributed by atoms with Crippen molar-refractivity contribution < 1.29 is 0 Å². The molecule has 0 aliphatic rings. The maximum atomic E-state index is 11.9. The number of fused-ring (bicyclic) bond motifs is 3. The van der Waals surface area contributed by atoms with Gasteiger partial charge in [-0.05, 0) is 24.3 Å². The molecule has 0 bridgehead atoms. The molecule has 0 unspecified atom stereocenters. The fourth-order valence-electron chi connectivity index (χ4n) is 3.57. The Balaban J connectivity index is 1.58. The summed E-state index contributed by atoms with van der Waals surface area (Å²) in [4.78, 5) is 34.1. The van der Waals surface area contributed by atoms with E-state index in [9.17, 15) is 9.59 Å². The van der Waals surface area contributed by atoms with Crippen molar-refractivity contribution in [1.29, 1.82) is 0 Å². The molecule has 8 heteroatoms. The summed E-state index contributed by atoms with van der Waals surface area (Å²) < 4.78 is 2.95. The van der Waals surface area contributed by atoms with Gasteiger partial charge in [-0.1, -0.05) is 53.0 Å². The molecule has 0 spiro atoms. The monoisotopic (exact) mass is 433 g/mol. The lowest BCUT2D eigenvalue weighted by atomic mass is 10.0. The Bertz CT molecular complexity index is 1670. The van der Waals surface area contributed by atoms with Crippen molar-refractivity contribution in [2.75, 3.05) is 0 Å². The summed E-state index contributed by atoms with van der Waals surface area (Å²) in [5, 5.41) is 0.896. The first-order chi connectivity index (χ1) is 14.2. The van der Waals surface area contributed by atoms with Crippen molar-refractivity contribution in [3.63, 3.8) is 0 Å². The fourth-order valence-corrected chi connectivity index (χ4v) is 6.04. The zero-order valence-electron chi connectivity index (χ0n) is 14.7. The van der Waals surface area contributed by atoms with Crippen LogP contribution < -0.4 is 9.75 Å². The van der Waals surface area contributed by atoms with E-state index in [0.29, 0.717) is 0 Å². The van der Waals surface area contributed by atoms with Crippen molar-refractivity contribution in [2.24, 2.45) is 0 Å². The maximum absolute atomic E-state index is 11.9. The summed E-state index contributed by atoms with van der Waals surface area (Å²) in [5.74, 6) is 0. The molecular weight excluding hydrogens is 422 g/mol. The lowest BCUT2D eigenvalue weighted by Gasteiger charge is -2.04. The SMILES string of the molecule is O=c1[nH]c2cc(-c3nc4c(-c5cccc6sc(=O)[nH]c56)cccc4s3)ccc2s1. The van der Waals surface area contributed by atoms with Gasteiger partial charge in [-0.2, -0.15) is 0 Å². The van der Waals surface area contributed by atoms with Gasteiger partial charge in [-0.15, -0.1) is 11.3 Å². The van der Waals surface area contributed by atoms with E-state index in [1.807, 2.05) is 48.5 Å². The molecule has 0 radical (unpaired) electrons. The van der Waals surface area contributed by atoms with Gasteiger partial charge in [0.25, 0.3) is 0 Å². The van der Waals surface area contributed by atoms with E-state index in [4.69, 9.17) is 4.98 Å². The van der Waals surface area contributed by atoms with Crippen LogP contribution in [0, 0.1) is 0 Å². The van der Waals surface area contributed by atoms with E-state index in [1.54, 1.807) is 11.3 Å². The molecule has 140 valence electrons. The number of para-hydroxylation sites is 2. The maximum Gasteiger partial charge on any atom is 0.305 e. The predicted molar refractivity (Wildman–Crippen MR) is 122 cm³/mol. The van der Waals surface area contributed by atoms with Crippen LogP contribution in [0.2, 0.25) is 0 Å². The number of aromatic nitrogens is 3. The third-order valence-corrected chi connectivity index (χ3v) is 7.61. The first kappa shape index (κ1) is 16.8. The average molecular weight is 434 g/mol. The van der Waals surface area contributed by atoms with E-state index < -0.39 is 0 Å². The van der Waals surface area contributed by atoms with Gasteiger partial charge in [0.15, 0.2) is 0 Å². The van der Waals surface area contributed by atoms with Gasteiger partial charge in [0.1, 0.15) is 5.01 Å². The largest absolute Gasteiger partial charge is 0.312 e. The summed E-state index contributed by atoms with van der Waals surface area (Å²) >= 11 is 4.04. The first-order valence-corrected chi connectivity index (χ1v) is 11.3. The molecule has 0 fully saturated rings. The van der Waals surface area contributed by atoms with Gasteiger partial charge in [-0.3, -0.25) is 9.59 Å². The summed E-state index contributed by atoms with van der Waals surface area (Å²) in [6.45, 7) is 0. The molecule has 0 saturated carbocycles. The molecule has 6 aromatic rings. The lowest BCUT2D eigenvalue weighted by Crippen LogP contribution is -1.91.